The first kappa shape index (κ1) is 15.7. The summed E-state index contributed by atoms with van der Waals surface area (Å²) in [6, 6.07) is 10.5. The van der Waals surface area contributed by atoms with Gasteiger partial charge in [-0.05, 0) is 18.4 Å². The second-order valence-corrected chi connectivity index (χ2v) is 5.15. The molecule has 0 aliphatic rings. The lowest BCUT2D eigenvalue weighted by Crippen LogP contribution is -2.31. The molecule has 0 saturated heterocycles. The van der Waals surface area contributed by atoms with Gasteiger partial charge >= 0.3 is 0 Å². The van der Waals surface area contributed by atoms with Crippen LogP contribution in [0.5, 0.6) is 0 Å². The maximum absolute atomic E-state index is 5.70. The van der Waals surface area contributed by atoms with Gasteiger partial charge in [0.05, 0.1) is 6.54 Å². The van der Waals surface area contributed by atoms with E-state index in [0.717, 1.165) is 44.1 Å². The number of hydrogen-bond acceptors (Lipinski definition) is 5. The van der Waals surface area contributed by atoms with E-state index in [1.54, 1.807) is 0 Å². The monoisotopic (exact) mass is 288 g/mol. The fourth-order valence-corrected chi connectivity index (χ4v) is 2.25. The van der Waals surface area contributed by atoms with Crippen LogP contribution < -0.4 is 5.73 Å². The van der Waals surface area contributed by atoms with Crippen LogP contribution >= 0.6 is 0 Å². The van der Waals surface area contributed by atoms with E-state index in [9.17, 15) is 0 Å². The third kappa shape index (κ3) is 5.28. The van der Waals surface area contributed by atoms with Crippen LogP contribution in [-0.4, -0.2) is 34.7 Å². The van der Waals surface area contributed by atoms with E-state index in [1.165, 1.54) is 5.56 Å². The Balaban J connectivity index is 1.88. The number of hydrogen-bond donors (Lipinski definition) is 1. The topological polar surface area (TPSA) is 68.2 Å². The molecular weight excluding hydrogens is 264 g/mol. The molecule has 0 atom stereocenters. The van der Waals surface area contributed by atoms with Gasteiger partial charge in [-0.25, -0.2) is 0 Å². The molecule has 0 spiro atoms. The minimum atomic E-state index is 0.633. The van der Waals surface area contributed by atoms with Crippen LogP contribution in [-0.2, 0) is 19.4 Å². The molecule has 5 nitrogen and oxygen atoms in total. The second kappa shape index (κ2) is 8.54. The van der Waals surface area contributed by atoms with Crippen LogP contribution in [0.25, 0.3) is 0 Å². The van der Waals surface area contributed by atoms with Crippen molar-refractivity contribution in [2.24, 2.45) is 5.73 Å². The van der Waals surface area contributed by atoms with Crippen molar-refractivity contribution in [2.45, 2.75) is 32.7 Å². The summed E-state index contributed by atoms with van der Waals surface area (Å²) in [5, 5.41) is 4.04. The van der Waals surface area contributed by atoms with Crippen molar-refractivity contribution in [1.82, 2.24) is 15.0 Å². The maximum atomic E-state index is 5.70. The highest BCUT2D eigenvalue weighted by Crippen LogP contribution is 2.06. The quantitative estimate of drug-likeness (QED) is 0.764. The van der Waals surface area contributed by atoms with E-state index in [0.29, 0.717) is 13.1 Å². The molecule has 0 fully saturated rings. The van der Waals surface area contributed by atoms with E-state index in [1.807, 2.05) is 6.07 Å². The predicted octanol–water partition coefficient (Wildman–Crippen LogP) is 2.03. The fourth-order valence-electron chi connectivity index (χ4n) is 2.25. The largest absolute Gasteiger partial charge is 0.339 e. The van der Waals surface area contributed by atoms with Gasteiger partial charge in [0.1, 0.15) is 0 Å². The van der Waals surface area contributed by atoms with Gasteiger partial charge in [-0.15, -0.1) is 0 Å². The predicted molar refractivity (Wildman–Crippen MR) is 82.8 cm³/mol. The molecule has 21 heavy (non-hydrogen) atoms. The molecule has 0 amide bonds. The lowest BCUT2D eigenvalue weighted by atomic mass is 10.1. The Bertz CT molecular complexity index is 512. The molecule has 0 aliphatic carbocycles. The molecule has 1 aromatic carbocycles. The zero-order valence-electron chi connectivity index (χ0n) is 12.7. The molecule has 1 heterocycles. The Morgan fingerprint density at radius 2 is 1.95 bits per heavy atom. The minimum absolute atomic E-state index is 0.633. The maximum Gasteiger partial charge on any atom is 0.226 e. The molecule has 0 radical (unpaired) electrons. The fraction of sp³-hybridized carbons (Fsp3) is 0.500. The van der Waals surface area contributed by atoms with Crippen LogP contribution in [0.2, 0.25) is 0 Å². The molecule has 0 aliphatic heterocycles. The van der Waals surface area contributed by atoms with E-state index in [2.05, 4.69) is 46.2 Å². The van der Waals surface area contributed by atoms with Gasteiger partial charge in [-0.2, -0.15) is 4.98 Å². The van der Waals surface area contributed by atoms with E-state index in [4.69, 9.17) is 10.3 Å². The average Bonchev–Trinajstić information content (AvgIpc) is 2.94. The lowest BCUT2D eigenvalue weighted by Gasteiger charge is -2.19. The third-order valence-corrected chi connectivity index (χ3v) is 3.34. The Hall–Kier alpha value is -1.72. The van der Waals surface area contributed by atoms with E-state index < -0.39 is 0 Å². The zero-order valence-corrected chi connectivity index (χ0v) is 12.7. The van der Waals surface area contributed by atoms with Gasteiger partial charge in [0.25, 0.3) is 0 Å². The summed E-state index contributed by atoms with van der Waals surface area (Å²) in [7, 11) is 0. The second-order valence-electron chi connectivity index (χ2n) is 5.15. The average molecular weight is 288 g/mol. The smallest absolute Gasteiger partial charge is 0.226 e. The molecule has 0 unspecified atom stereocenters. The molecule has 2 aromatic rings. The van der Waals surface area contributed by atoms with Crippen molar-refractivity contribution in [3.05, 3.63) is 47.6 Å². The highest BCUT2D eigenvalue weighted by atomic mass is 16.5. The number of aromatic nitrogens is 2. The molecule has 1 aromatic heterocycles. The van der Waals surface area contributed by atoms with Gasteiger partial charge < -0.3 is 10.3 Å². The molecule has 0 bridgehead atoms. The Kier molecular flexibility index (Phi) is 6.37. The minimum Gasteiger partial charge on any atom is -0.339 e. The Morgan fingerprint density at radius 3 is 2.67 bits per heavy atom. The number of rotatable bonds is 9. The SMILES string of the molecule is CCCc1nc(CN(CCN)CCc2ccccc2)no1. The zero-order chi connectivity index (χ0) is 14.9. The summed E-state index contributed by atoms with van der Waals surface area (Å²) in [6.45, 7) is 5.21. The van der Waals surface area contributed by atoms with Crippen molar-refractivity contribution in [3.63, 3.8) is 0 Å². The molecule has 114 valence electrons. The lowest BCUT2D eigenvalue weighted by molar-refractivity contribution is 0.263. The summed E-state index contributed by atoms with van der Waals surface area (Å²) in [6.07, 6.45) is 2.86. The van der Waals surface area contributed by atoms with Crippen molar-refractivity contribution in [3.8, 4) is 0 Å². The summed E-state index contributed by atoms with van der Waals surface area (Å²) in [5.74, 6) is 1.48. The van der Waals surface area contributed by atoms with Crippen LogP contribution in [0.3, 0.4) is 0 Å². The highest BCUT2D eigenvalue weighted by Gasteiger charge is 2.11. The van der Waals surface area contributed by atoms with Crippen LogP contribution in [0.15, 0.2) is 34.9 Å². The summed E-state index contributed by atoms with van der Waals surface area (Å²) < 4.78 is 5.23. The summed E-state index contributed by atoms with van der Waals surface area (Å²) >= 11 is 0. The van der Waals surface area contributed by atoms with Crippen molar-refractivity contribution in [2.75, 3.05) is 19.6 Å². The first-order chi connectivity index (χ1) is 10.3. The number of nitrogens with zero attached hydrogens (tertiary/aromatic N) is 3. The molecule has 2 N–H and O–H groups in total. The van der Waals surface area contributed by atoms with E-state index >= 15 is 0 Å². The number of benzene rings is 1. The number of nitrogens with two attached hydrogens (primary N) is 1. The van der Waals surface area contributed by atoms with Crippen LogP contribution in [0.4, 0.5) is 0 Å². The normalized spacial score (nSPS) is 11.2. The Morgan fingerprint density at radius 1 is 1.14 bits per heavy atom. The standard InChI is InChI=1S/C16H24N4O/c1-2-6-16-18-15(19-21-16)13-20(12-10-17)11-9-14-7-4-3-5-8-14/h3-5,7-8H,2,6,9-13,17H2,1H3. The van der Waals surface area contributed by atoms with Crippen molar-refractivity contribution < 1.29 is 4.52 Å². The Labute approximate surface area is 126 Å². The summed E-state index contributed by atoms with van der Waals surface area (Å²) in [4.78, 5) is 6.69. The van der Waals surface area contributed by atoms with Gasteiger partial charge in [0, 0.05) is 26.1 Å². The van der Waals surface area contributed by atoms with Crippen LogP contribution in [0.1, 0.15) is 30.6 Å². The first-order valence-electron chi connectivity index (χ1n) is 7.59. The van der Waals surface area contributed by atoms with Crippen molar-refractivity contribution >= 4 is 0 Å². The van der Waals surface area contributed by atoms with Crippen LogP contribution in [0, 0.1) is 0 Å². The molecule has 2 rings (SSSR count). The molecular formula is C16H24N4O. The van der Waals surface area contributed by atoms with Gasteiger partial charge in [-0.3, -0.25) is 4.90 Å². The first-order valence-corrected chi connectivity index (χ1v) is 7.59. The molecule has 5 heteroatoms. The number of aryl methyl sites for hydroxylation is 1. The van der Waals surface area contributed by atoms with Gasteiger partial charge in [-0.1, -0.05) is 42.4 Å². The summed E-state index contributed by atoms with van der Waals surface area (Å²) in [5.41, 5.74) is 7.03. The van der Waals surface area contributed by atoms with E-state index in [-0.39, 0.29) is 0 Å². The molecule has 0 saturated carbocycles. The van der Waals surface area contributed by atoms with Gasteiger partial charge in [0.15, 0.2) is 5.82 Å². The van der Waals surface area contributed by atoms with Crippen molar-refractivity contribution in [1.29, 1.82) is 0 Å². The highest BCUT2D eigenvalue weighted by molar-refractivity contribution is 5.14. The third-order valence-electron chi connectivity index (χ3n) is 3.34. The van der Waals surface area contributed by atoms with Gasteiger partial charge in [0.2, 0.25) is 5.89 Å².